The minimum Gasteiger partial charge on any atom is -0.365 e. The zero-order valence-corrected chi connectivity index (χ0v) is 18.3. The summed E-state index contributed by atoms with van der Waals surface area (Å²) >= 11 is 0. The van der Waals surface area contributed by atoms with Gasteiger partial charge in [-0.25, -0.2) is 4.98 Å². The second-order valence-electron chi connectivity index (χ2n) is 7.90. The Hall–Kier alpha value is -3.11. The molecule has 0 atom stereocenters. The highest BCUT2D eigenvalue weighted by Crippen LogP contribution is 2.31. The molecule has 0 aliphatic carbocycles. The van der Waals surface area contributed by atoms with Crippen LogP contribution in [-0.2, 0) is 6.54 Å². The predicted molar refractivity (Wildman–Crippen MR) is 131 cm³/mol. The molecule has 4 nitrogen and oxygen atoms in total. The number of anilines is 2. The molecule has 4 aromatic rings. The van der Waals surface area contributed by atoms with Crippen molar-refractivity contribution < 1.29 is 0 Å². The Morgan fingerprint density at radius 3 is 2.16 bits per heavy atom. The number of nitrogens with zero attached hydrogens (tertiary/aromatic N) is 3. The SMILES string of the molecule is Cl.c1ccc(CNc2nc(N3CCC(c4ccccc4)CC3)nc3ccccc23)cc1. The topological polar surface area (TPSA) is 41.1 Å². The van der Waals surface area contributed by atoms with Crippen LogP contribution in [0.5, 0.6) is 0 Å². The standard InChI is InChI=1S/C26H26N4.ClH/c1-3-9-20(10-4-1)19-27-25-23-13-7-8-14-24(23)28-26(29-25)30-17-15-22(16-18-30)21-11-5-2-6-12-21;/h1-14,22H,15-19H2,(H,27,28,29);1H. The third kappa shape index (κ3) is 4.80. The molecule has 0 amide bonds. The van der Waals surface area contributed by atoms with Crippen LogP contribution in [0.15, 0.2) is 84.9 Å². The minimum atomic E-state index is 0. The van der Waals surface area contributed by atoms with E-state index in [-0.39, 0.29) is 12.4 Å². The molecule has 0 spiro atoms. The maximum absolute atomic E-state index is 4.94. The number of piperidine rings is 1. The van der Waals surface area contributed by atoms with E-state index in [9.17, 15) is 0 Å². The van der Waals surface area contributed by atoms with E-state index >= 15 is 0 Å². The number of para-hydroxylation sites is 1. The lowest BCUT2D eigenvalue weighted by atomic mass is 9.90. The van der Waals surface area contributed by atoms with E-state index in [2.05, 4.69) is 76.9 Å². The van der Waals surface area contributed by atoms with Crippen molar-refractivity contribution in [1.29, 1.82) is 0 Å². The van der Waals surface area contributed by atoms with E-state index in [1.807, 2.05) is 18.2 Å². The molecule has 1 aliphatic heterocycles. The van der Waals surface area contributed by atoms with Crippen molar-refractivity contribution >= 4 is 35.1 Å². The Kier molecular flexibility index (Phi) is 6.68. The first kappa shape index (κ1) is 21.1. The zero-order valence-electron chi connectivity index (χ0n) is 17.4. The van der Waals surface area contributed by atoms with Crippen LogP contribution in [0.4, 0.5) is 11.8 Å². The van der Waals surface area contributed by atoms with Gasteiger partial charge in [-0.15, -0.1) is 12.4 Å². The Bertz CT molecular complexity index is 1110. The van der Waals surface area contributed by atoms with Gasteiger partial charge in [-0.3, -0.25) is 0 Å². The van der Waals surface area contributed by atoms with Gasteiger partial charge in [0.15, 0.2) is 0 Å². The van der Waals surface area contributed by atoms with Crippen LogP contribution in [0, 0.1) is 0 Å². The van der Waals surface area contributed by atoms with Crippen molar-refractivity contribution in [3.63, 3.8) is 0 Å². The minimum absolute atomic E-state index is 0. The second kappa shape index (κ2) is 9.80. The van der Waals surface area contributed by atoms with E-state index in [4.69, 9.17) is 9.97 Å². The molecule has 1 aromatic heterocycles. The summed E-state index contributed by atoms with van der Waals surface area (Å²) in [5.74, 6) is 2.36. The number of fused-ring (bicyclic) bond motifs is 1. The van der Waals surface area contributed by atoms with Crippen molar-refractivity contribution in [2.24, 2.45) is 0 Å². The van der Waals surface area contributed by atoms with Crippen LogP contribution in [0.2, 0.25) is 0 Å². The highest BCUT2D eigenvalue weighted by molar-refractivity contribution is 5.90. The molecular formula is C26H27ClN4. The van der Waals surface area contributed by atoms with Crippen molar-refractivity contribution in [3.8, 4) is 0 Å². The van der Waals surface area contributed by atoms with Crippen LogP contribution in [0.25, 0.3) is 10.9 Å². The number of rotatable bonds is 5. The zero-order chi connectivity index (χ0) is 20.2. The average Bonchev–Trinajstić information content (AvgIpc) is 2.84. The van der Waals surface area contributed by atoms with Gasteiger partial charge in [-0.05, 0) is 42.0 Å². The van der Waals surface area contributed by atoms with Gasteiger partial charge in [-0.1, -0.05) is 72.8 Å². The Morgan fingerprint density at radius 1 is 0.774 bits per heavy atom. The molecule has 3 aromatic carbocycles. The van der Waals surface area contributed by atoms with Gasteiger partial charge in [0.25, 0.3) is 0 Å². The highest BCUT2D eigenvalue weighted by atomic mass is 35.5. The molecule has 5 heteroatoms. The molecule has 0 bridgehead atoms. The Labute approximate surface area is 189 Å². The number of hydrogen-bond acceptors (Lipinski definition) is 4. The molecule has 31 heavy (non-hydrogen) atoms. The fraction of sp³-hybridized carbons (Fsp3) is 0.231. The second-order valence-corrected chi connectivity index (χ2v) is 7.90. The van der Waals surface area contributed by atoms with Crippen molar-refractivity contribution in [2.45, 2.75) is 25.3 Å². The van der Waals surface area contributed by atoms with Crippen molar-refractivity contribution in [2.75, 3.05) is 23.3 Å². The van der Waals surface area contributed by atoms with E-state index in [1.165, 1.54) is 11.1 Å². The molecular weight excluding hydrogens is 404 g/mol. The number of benzene rings is 3. The molecule has 0 saturated carbocycles. The summed E-state index contributed by atoms with van der Waals surface area (Å²) in [6, 6.07) is 29.6. The van der Waals surface area contributed by atoms with Gasteiger partial charge in [0.05, 0.1) is 5.52 Å². The molecule has 2 heterocycles. The predicted octanol–water partition coefficient (Wildman–Crippen LogP) is 6.05. The maximum Gasteiger partial charge on any atom is 0.227 e. The molecule has 5 rings (SSSR count). The van der Waals surface area contributed by atoms with Gasteiger partial charge in [0, 0.05) is 25.0 Å². The lowest BCUT2D eigenvalue weighted by molar-refractivity contribution is 0.500. The van der Waals surface area contributed by atoms with Crippen LogP contribution >= 0.6 is 12.4 Å². The van der Waals surface area contributed by atoms with Crippen molar-refractivity contribution in [3.05, 3.63) is 96.1 Å². The van der Waals surface area contributed by atoms with E-state index in [0.717, 1.165) is 55.1 Å². The highest BCUT2D eigenvalue weighted by Gasteiger charge is 2.23. The number of nitrogens with one attached hydrogen (secondary N) is 1. The third-order valence-electron chi connectivity index (χ3n) is 5.94. The summed E-state index contributed by atoms with van der Waals surface area (Å²) in [7, 11) is 0. The van der Waals surface area contributed by atoms with E-state index in [0.29, 0.717) is 5.92 Å². The first-order chi connectivity index (χ1) is 14.9. The molecule has 0 unspecified atom stereocenters. The Morgan fingerprint density at radius 2 is 1.42 bits per heavy atom. The first-order valence-electron chi connectivity index (χ1n) is 10.7. The van der Waals surface area contributed by atoms with Gasteiger partial charge in [0.1, 0.15) is 5.82 Å². The quantitative estimate of drug-likeness (QED) is 0.418. The summed E-state index contributed by atoms with van der Waals surface area (Å²) in [4.78, 5) is 12.2. The van der Waals surface area contributed by atoms with E-state index in [1.54, 1.807) is 0 Å². The lowest BCUT2D eigenvalue weighted by Gasteiger charge is -2.32. The lowest BCUT2D eigenvalue weighted by Crippen LogP contribution is -2.34. The summed E-state index contributed by atoms with van der Waals surface area (Å²) in [5, 5.41) is 4.61. The number of aromatic nitrogens is 2. The normalized spacial score (nSPS) is 14.3. The first-order valence-corrected chi connectivity index (χ1v) is 10.7. The average molecular weight is 431 g/mol. The van der Waals surface area contributed by atoms with Crippen LogP contribution < -0.4 is 10.2 Å². The maximum atomic E-state index is 4.94. The molecule has 0 radical (unpaired) electrons. The molecule has 1 fully saturated rings. The van der Waals surface area contributed by atoms with Crippen LogP contribution in [0.3, 0.4) is 0 Å². The third-order valence-corrected chi connectivity index (χ3v) is 5.94. The fourth-order valence-electron chi connectivity index (χ4n) is 4.26. The molecule has 158 valence electrons. The monoisotopic (exact) mass is 430 g/mol. The number of hydrogen-bond donors (Lipinski definition) is 1. The molecule has 1 saturated heterocycles. The van der Waals surface area contributed by atoms with Gasteiger partial charge in [0.2, 0.25) is 5.95 Å². The van der Waals surface area contributed by atoms with E-state index < -0.39 is 0 Å². The van der Waals surface area contributed by atoms with Crippen LogP contribution in [-0.4, -0.2) is 23.1 Å². The smallest absolute Gasteiger partial charge is 0.227 e. The van der Waals surface area contributed by atoms with Crippen LogP contribution in [0.1, 0.15) is 29.9 Å². The molecule has 1 aliphatic rings. The summed E-state index contributed by atoms with van der Waals surface area (Å²) < 4.78 is 0. The van der Waals surface area contributed by atoms with Gasteiger partial charge < -0.3 is 10.2 Å². The molecule has 1 N–H and O–H groups in total. The summed E-state index contributed by atoms with van der Waals surface area (Å²) in [6.07, 6.45) is 2.26. The fourth-order valence-corrected chi connectivity index (χ4v) is 4.26. The van der Waals surface area contributed by atoms with Crippen molar-refractivity contribution in [1.82, 2.24) is 9.97 Å². The number of halogens is 1. The summed E-state index contributed by atoms with van der Waals surface area (Å²) in [6.45, 7) is 2.71. The largest absolute Gasteiger partial charge is 0.365 e. The Balaban J connectivity index is 0.00000231. The van der Waals surface area contributed by atoms with Gasteiger partial charge in [-0.2, -0.15) is 4.98 Å². The van der Waals surface area contributed by atoms with Gasteiger partial charge >= 0.3 is 0 Å². The summed E-state index contributed by atoms with van der Waals surface area (Å²) in [5.41, 5.74) is 3.68.